The number of rotatable bonds is 4. The third kappa shape index (κ3) is 4.54. The first-order valence-electron chi connectivity index (χ1n) is 6.56. The third-order valence-corrected chi connectivity index (χ3v) is 5.15. The van der Waals surface area contributed by atoms with Crippen molar-refractivity contribution in [3.8, 4) is 5.75 Å². The largest absolute Gasteiger partial charge is 0.483 e. The standard InChI is InChI=1S/C14H15BrClNO4S/c1-20-14(19)12-7-17(4-5-22-12)13(18)8-21-11-3-2-9(16)6-10(11)15/h2-3,6,12H,4-5,7-8H2,1H3/t12-/m1/s1. The van der Waals surface area contributed by atoms with Gasteiger partial charge in [-0.2, -0.15) is 0 Å². The number of thioether (sulfide) groups is 1. The molecule has 5 nitrogen and oxygen atoms in total. The van der Waals surface area contributed by atoms with Crippen LogP contribution in [0.2, 0.25) is 5.02 Å². The number of carbonyl (C=O) groups is 2. The molecule has 1 heterocycles. The lowest BCUT2D eigenvalue weighted by molar-refractivity contribution is -0.141. The number of methoxy groups -OCH3 is 1. The first-order chi connectivity index (χ1) is 10.5. The molecule has 0 radical (unpaired) electrons. The van der Waals surface area contributed by atoms with E-state index in [1.165, 1.54) is 18.9 Å². The Labute approximate surface area is 146 Å². The zero-order chi connectivity index (χ0) is 16.1. The molecule has 0 N–H and O–H groups in total. The molecule has 1 fully saturated rings. The molecule has 1 atom stereocenters. The number of amides is 1. The van der Waals surface area contributed by atoms with E-state index >= 15 is 0 Å². The highest BCUT2D eigenvalue weighted by Gasteiger charge is 2.29. The SMILES string of the molecule is COC(=O)[C@H]1CN(C(=O)COc2ccc(Cl)cc2Br)CCS1. The molecule has 1 amide bonds. The predicted octanol–water partition coefficient (Wildman–Crippen LogP) is 2.60. The summed E-state index contributed by atoms with van der Waals surface area (Å²) in [7, 11) is 1.35. The summed E-state index contributed by atoms with van der Waals surface area (Å²) in [5, 5.41) is 0.254. The van der Waals surface area contributed by atoms with Crippen molar-refractivity contribution in [2.45, 2.75) is 5.25 Å². The van der Waals surface area contributed by atoms with Gasteiger partial charge in [0.05, 0.1) is 11.6 Å². The van der Waals surface area contributed by atoms with E-state index in [0.717, 1.165) is 0 Å². The van der Waals surface area contributed by atoms with Crippen LogP contribution in [0.5, 0.6) is 5.75 Å². The quantitative estimate of drug-likeness (QED) is 0.717. The van der Waals surface area contributed by atoms with Gasteiger partial charge in [-0.3, -0.25) is 9.59 Å². The van der Waals surface area contributed by atoms with Crippen LogP contribution in [0.15, 0.2) is 22.7 Å². The van der Waals surface area contributed by atoms with Crippen molar-refractivity contribution in [3.05, 3.63) is 27.7 Å². The van der Waals surface area contributed by atoms with Gasteiger partial charge in [0.25, 0.3) is 5.91 Å². The van der Waals surface area contributed by atoms with E-state index in [1.54, 1.807) is 23.1 Å². The number of hydrogen-bond donors (Lipinski definition) is 0. The topological polar surface area (TPSA) is 55.8 Å². The molecule has 1 aromatic carbocycles. The number of halogens is 2. The molecule has 0 aromatic heterocycles. The molecule has 0 aliphatic carbocycles. The summed E-state index contributed by atoms with van der Waals surface area (Å²) in [6, 6.07) is 5.09. The summed E-state index contributed by atoms with van der Waals surface area (Å²) in [5.41, 5.74) is 0. The molecule has 2 rings (SSSR count). The van der Waals surface area contributed by atoms with E-state index in [2.05, 4.69) is 15.9 Å². The number of ether oxygens (including phenoxy) is 2. The van der Waals surface area contributed by atoms with Crippen molar-refractivity contribution >= 4 is 51.2 Å². The Morgan fingerprint density at radius 3 is 2.95 bits per heavy atom. The van der Waals surface area contributed by atoms with Crippen LogP contribution in [0.1, 0.15) is 0 Å². The summed E-state index contributed by atoms with van der Waals surface area (Å²) >= 11 is 10.7. The van der Waals surface area contributed by atoms with Crippen LogP contribution >= 0.6 is 39.3 Å². The van der Waals surface area contributed by atoms with Crippen molar-refractivity contribution < 1.29 is 19.1 Å². The van der Waals surface area contributed by atoms with Gasteiger partial charge in [-0.05, 0) is 34.1 Å². The number of hydrogen-bond acceptors (Lipinski definition) is 5. The van der Waals surface area contributed by atoms with Gasteiger partial charge in [-0.15, -0.1) is 11.8 Å². The average molecular weight is 409 g/mol. The Balaban J connectivity index is 1.90. The molecule has 8 heteroatoms. The van der Waals surface area contributed by atoms with Gasteiger partial charge in [0.15, 0.2) is 6.61 Å². The van der Waals surface area contributed by atoms with Gasteiger partial charge >= 0.3 is 5.97 Å². The van der Waals surface area contributed by atoms with Gasteiger partial charge in [-0.25, -0.2) is 0 Å². The summed E-state index contributed by atoms with van der Waals surface area (Å²) in [4.78, 5) is 25.4. The number of carbonyl (C=O) groups excluding carboxylic acids is 2. The minimum Gasteiger partial charge on any atom is -0.483 e. The molecular formula is C14H15BrClNO4S. The van der Waals surface area contributed by atoms with Gasteiger partial charge in [0, 0.05) is 23.9 Å². The maximum Gasteiger partial charge on any atom is 0.320 e. The highest BCUT2D eigenvalue weighted by Crippen LogP contribution is 2.28. The first kappa shape index (κ1) is 17.4. The molecule has 0 spiro atoms. The summed E-state index contributed by atoms with van der Waals surface area (Å²) in [6.45, 7) is 0.863. The molecular weight excluding hydrogens is 394 g/mol. The molecule has 0 saturated carbocycles. The van der Waals surface area contributed by atoms with Gasteiger partial charge in [0.1, 0.15) is 11.0 Å². The van der Waals surface area contributed by atoms with Crippen LogP contribution in [0.25, 0.3) is 0 Å². The van der Waals surface area contributed by atoms with E-state index in [0.29, 0.717) is 34.1 Å². The Hall–Kier alpha value is -0.920. The van der Waals surface area contributed by atoms with Gasteiger partial charge in [0.2, 0.25) is 0 Å². The van der Waals surface area contributed by atoms with E-state index < -0.39 is 0 Å². The summed E-state index contributed by atoms with van der Waals surface area (Å²) in [5.74, 6) is 0.796. The second-order valence-electron chi connectivity index (χ2n) is 4.59. The van der Waals surface area contributed by atoms with Crippen molar-refractivity contribution in [2.75, 3.05) is 32.6 Å². The molecule has 120 valence electrons. The van der Waals surface area contributed by atoms with E-state index in [-0.39, 0.29) is 23.7 Å². The minimum absolute atomic E-state index is 0.0845. The monoisotopic (exact) mass is 407 g/mol. The smallest absolute Gasteiger partial charge is 0.320 e. The van der Waals surface area contributed by atoms with Crippen molar-refractivity contribution in [1.29, 1.82) is 0 Å². The van der Waals surface area contributed by atoms with Gasteiger partial charge in [-0.1, -0.05) is 11.6 Å². The van der Waals surface area contributed by atoms with E-state index in [1.807, 2.05) is 0 Å². The van der Waals surface area contributed by atoms with Crippen LogP contribution < -0.4 is 4.74 Å². The highest BCUT2D eigenvalue weighted by molar-refractivity contribution is 9.10. The summed E-state index contributed by atoms with van der Waals surface area (Å²) < 4.78 is 10.9. The van der Waals surface area contributed by atoms with Crippen LogP contribution in [0.4, 0.5) is 0 Å². The average Bonchev–Trinajstić information content (AvgIpc) is 2.53. The maximum absolute atomic E-state index is 12.2. The molecule has 22 heavy (non-hydrogen) atoms. The third-order valence-electron chi connectivity index (χ3n) is 3.13. The van der Waals surface area contributed by atoms with Gasteiger partial charge < -0.3 is 14.4 Å². The second-order valence-corrected chi connectivity index (χ2v) is 7.19. The normalized spacial score (nSPS) is 18.0. The van der Waals surface area contributed by atoms with Crippen LogP contribution in [0.3, 0.4) is 0 Å². The Morgan fingerprint density at radius 1 is 1.50 bits per heavy atom. The van der Waals surface area contributed by atoms with Crippen molar-refractivity contribution in [3.63, 3.8) is 0 Å². The Bertz CT molecular complexity index is 572. The lowest BCUT2D eigenvalue weighted by Crippen LogP contribution is -2.46. The molecule has 0 unspecified atom stereocenters. The Morgan fingerprint density at radius 2 is 2.27 bits per heavy atom. The highest BCUT2D eigenvalue weighted by atomic mass is 79.9. The first-order valence-corrected chi connectivity index (χ1v) is 8.78. The number of nitrogens with zero attached hydrogens (tertiary/aromatic N) is 1. The lowest BCUT2D eigenvalue weighted by Gasteiger charge is -2.30. The number of benzene rings is 1. The number of esters is 1. The molecule has 1 aliphatic rings. The summed E-state index contributed by atoms with van der Waals surface area (Å²) in [6.07, 6.45) is 0. The maximum atomic E-state index is 12.2. The Kier molecular flexibility index (Phi) is 6.40. The zero-order valence-corrected chi connectivity index (χ0v) is 15.0. The predicted molar refractivity (Wildman–Crippen MR) is 89.5 cm³/mol. The van der Waals surface area contributed by atoms with Crippen LogP contribution in [0, 0.1) is 0 Å². The fourth-order valence-electron chi connectivity index (χ4n) is 1.97. The zero-order valence-electron chi connectivity index (χ0n) is 11.9. The molecule has 1 aromatic rings. The van der Waals surface area contributed by atoms with E-state index in [4.69, 9.17) is 21.1 Å². The minimum atomic E-state index is -0.329. The molecule has 1 saturated heterocycles. The van der Waals surface area contributed by atoms with Crippen LogP contribution in [-0.4, -0.2) is 54.6 Å². The van der Waals surface area contributed by atoms with E-state index in [9.17, 15) is 9.59 Å². The molecule has 0 bridgehead atoms. The second kappa shape index (κ2) is 8.08. The van der Waals surface area contributed by atoms with Crippen molar-refractivity contribution in [2.24, 2.45) is 0 Å². The van der Waals surface area contributed by atoms with Crippen molar-refractivity contribution in [1.82, 2.24) is 4.90 Å². The van der Waals surface area contributed by atoms with Crippen LogP contribution in [-0.2, 0) is 14.3 Å². The lowest BCUT2D eigenvalue weighted by atomic mass is 10.3. The fraction of sp³-hybridized carbons (Fsp3) is 0.429. The fourth-order valence-corrected chi connectivity index (χ4v) is 3.90. The molecule has 1 aliphatic heterocycles.